The SMILES string of the molecule is CC(C)Oc1ncc(-c2nc(CO)oc2C2=CC=C(OCF)C[C@H]2C)cn1. The molecule has 0 saturated carbocycles. The second kappa shape index (κ2) is 8.30. The number of halogens is 1. The zero-order valence-corrected chi connectivity index (χ0v) is 15.5. The number of hydrogen-bond donors (Lipinski definition) is 1. The summed E-state index contributed by atoms with van der Waals surface area (Å²) < 4.78 is 28.6. The summed E-state index contributed by atoms with van der Waals surface area (Å²) in [6, 6.07) is 0.280. The van der Waals surface area contributed by atoms with Crippen LogP contribution in [0.15, 0.2) is 34.7 Å². The van der Waals surface area contributed by atoms with E-state index in [1.807, 2.05) is 26.8 Å². The van der Waals surface area contributed by atoms with Crippen molar-refractivity contribution >= 4 is 5.57 Å². The molecule has 2 aromatic rings. The Morgan fingerprint density at radius 3 is 2.63 bits per heavy atom. The Balaban J connectivity index is 1.97. The van der Waals surface area contributed by atoms with Crippen LogP contribution in [0.1, 0.15) is 38.8 Å². The number of hydrogen-bond acceptors (Lipinski definition) is 7. The predicted molar refractivity (Wildman–Crippen MR) is 96.1 cm³/mol. The molecule has 0 aromatic carbocycles. The lowest BCUT2D eigenvalue weighted by Gasteiger charge is -2.20. The van der Waals surface area contributed by atoms with E-state index in [1.165, 1.54) is 0 Å². The van der Waals surface area contributed by atoms with Crippen molar-refractivity contribution in [1.82, 2.24) is 15.0 Å². The zero-order chi connectivity index (χ0) is 19.4. The van der Waals surface area contributed by atoms with Crippen molar-refractivity contribution in [2.45, 2.75) is 39.9 Å². The van der Waals surface area contributed by atoms with Gasteiger partial charge in [0.15, 0.2) is 5.76 Å². The van der Waals surface area contributed by atoms with Crippen LogP contribution in [0.3, 0.4) is 0 Å². The molecule has 7 nitrogen and oxygen atoms in total. The molecular formula is C19H22FN3O4. The van der Waals surface area contributed by atoms with Crippen molar-refractivity contribution < 1.29 is 23.4 Å². The van der Waals surface area contributed by atoms with Crippen LogP contribution in [-0.4, -0.2) is 33.0 Å². The molecule has 8 heteroatoms. The highest BCUT2D eigenvalue weighted by atomic mass is 19.1. The van der Waals surface area contributed by atoms with Gasteiger partial charge in [-0.3, -0.25) is 0 Å². The third kappa shape index (κ3) is 4.33. The summed E-state index contributed by atoms with van der Waals surface area (Å²) in [4.78, 5) is 12.8. The molecule has 1 aliphatic rings. The van der Waals surface area contributed by atoms with E-state index in [1.54, 1.807) is 18.5 Å². The number of nitrogens with zero attached hydrogens (tertiary/aromatic N) is 3. The Kier molecular flexibility index (Phi) is 5.85. The summed E-state index contributed by atoms with van der Waals surface area (Å²) >= 11 is 0. The Bertz CT molecular complexity index is 843. The van der Waals surface area contributed by atoms with Crippen LogP contribution < -0.4 is 4.74 Å². The van der Waals surface area contributed by atoms with Crippen molar-refractivity contribution in [1.29, 1.82) is 0 Å². The number of rotatable bonds is 7. The Morgan fingerprint density at radius 1 is 1.30 bits per heavy atom. The van der Waals surface area contributed by atoms with Gasteiger partial charge in [0.05, 0.1) is 6.10 Å². The van der Waals surface area contributed by atoms with Crippen LogP contribution in [0.2, 0.25) is 0 Å². The van der Waals surface area contributed by atoms with Gasteiger partial charge >= 0.3 is 6.01 Å². The second-order valence-electron chi connectivity index (χ2n) is 6.48. The van der Waals surface area contributed by atoms with Gasteiger partial charge in [-0.25, -0.2) is 19.3 Å². The monoisotopic (exact) mass is 375 g/mol. The summed E-state index contributed by atoms with van der Waals surface area (Å²) in [6.45, 7) is 4.60. The van der Waals surface area contributed by atoms with Crippen molar-refractivity contribution in [3.8, 4) is 17.3 Å². The summed E-state index contributed by atoms with van der Waals surface area (Å²) in [5.74, 6) is 1.34. The van der Waals surface area contributed by atoms with Gasteiger partial charge < -0.3 is 19.0 Å². The van der Waals surface area contributed by atoms with E-state index < -0.39 is 6.86 Å². The van der Waals surface area contributed by atoms with E-state index in [2.05, 4.69) is 15.0 Å². The molecule has 0 bridgehead atoms. The lowest BCUT2D eigenvalue weighted by molar-refractivity contribution is 0.106. The molecule has 0 fully saturated rings. The number of aliphatic hydroxyl groups excluding tert-OH is 1. The molecule has 2 aromatic heterocycles. The van der Waals surface area contributed by atoms with Gasteiger partial charge in [0.1, 0.15) is 18.1 Å². The van der Waals surface area contributed by atoms with Crippen molar-refractivity contribution in [2.75, 3.05) is 6.86 Å². The first-order chi connectivity index (χ1) is 13.0. The van der Waals surface area contributed by atoms with E-state index in [-0.39, 0.29) is 30.5 Å². The summed E-state index contributed by atoms with van der Waals surface area (Å²) in [5, 5.41) is 9.44. The van der Waals surface area contributed by atoms with Gasteiger partial charge in [-0.05, 0) is 25.8 Å². The number of aromatic nitrogens is 3. The van der Waals surface area contributed by atoms with Crippen LogP contribution in [-0.2, 0) is 11.3 Å². The molecule has 144 valence electrons. The fourth-order valence-corrected chi connectivity index (χ4v) is 2.84. The minimum Gasteiger partial charge on any atom is -0.467 e. The van der Waals surface area contributed by atoms with Gasteiger partial charge in [0.25, 0.3) is 0 Å². The number of allylic oxidation sites excluding steroid dienone is 4. The summed E-state index contributed by atoms with van der Waals surface area (Å²) in [7, 11) is 0. The smallest absolute Gasteiger partial charge is 0.316 e. The molecule has 0 aliphatic heterocycles. The highest BCUT2D eigenvalue weighted by Gasteiger charge is 2.25. The average Bonchev–Trinajstić information content (AvgIpc) is 3.06. The third-order valence-corrected chi connectivity index (χ3v) is 4.04. The predicted octanol–water partition coefficient (Wildman–Crippen LogP) is 3.66. The van der Waals surface area contributed by atoms with E-state index in [0.29, 0.717) is 29.2 Å². The minimum atomic E-state index is -0.855. The topological polar surface area (TPSA) is 90.5 Å². The first kappa shape index (κ1) is 19.0. The fourth-order valence-electron chi connectivity index (χ4n) is 2.84. The first-order valence-corrected chi connectivity index (χ1v) is 8.71. The molecule has 0 radical (unpaired) electrons. The van der Waals surface area contributed by atoms with Crippen molar-refractivity contribution in [3.63, 3.8) is 0 Å². The maximum atomic E-state index is 12.4. The summed E-state index contributed by atoms with van der Waals surface area (Å²) in [5.41, 5.74) is 2.06. The molecule has 0 unspecified atom stereocenters. The van der Waals surface area contributed by atoms with E-state index in [9.17, 15) is 9.50 Å². The number of ether oxygens (including phenoxy) is 2. The highest BCUT2D eigenvalue weighted by molar-refractivity contribution is 5.77. The van der Waals surface area contributed by atoms with Gasteiger partial charge in [-0.1, -0.05) is 13.0 Å². The molecule has 1 atom stereocenters. The van der Waals surface area contributed by atoms with Crippen molar-refractivity contribution in [3.05, 3.63) is 42.0 Å². The van der Waals surface area contributed by atoms with Crippen LogP contribution in [0.4, 0.5) is 4.39 Å². The molecule has 2 heterocycles. The first-order valence-electron chi connectivity index (χ1n) is 8.71. The minimum absolute atomic E-state index is 0.0271. The van der Waals surface area contributed by atoms with Gasteiger partial charge in [0, 0.05) is 30.0 Å². The van der Waals surface area contributed by atoms with Crippen LogP contribution in [0, 0.1) is 5.92 Å². The molecule has 0 saturated heterocycles. The van der Waals surface area contributed by atoms with Gasteiger partial charge in [-0.15, -0.1) is 0 Å². The molecule has 0 amide bonds. The van der Waals surface area contributed by atoms with Gasteiger partial charge in [-0.2, -0.15) is 0 Å². The normalized spacial score (nSPS) is 16.9. The Hall–Kier alpha value is -2.74. The average molecular weight is 375 g/mol. The zero-order valence-electron chi connectivity index (χ0n) is 15.5. The number of oxazole rings is 1. The Morgan fingerprint density at radius 2 is 2.04 bits per heavy atom. The van der Waals surface area contributed by atoms with E-state index in [4.69, 9.17) is 13.9 Å². The Labute approximate surface area is 156 Å². The molecular weight excluding hydrogens is 353 g/mol. The fraction of sp³-hybridized carbons (Fsp3) is 0.421. The maximum absolute atomic E-state index is 12.4. The van der Waals surface area contributed by atoms with E-state index in [0.717, 1.165) is 5.57 Å². The highest BCUT2D eigenvalue weighted by Crippen LogP contribution is 2.38. The molecule has 0 spiro atoms. The molecule has 27 heavy (non-hydrogen) atoms. The van der Waals surface area contributed by atoms with Crippen molar-refractivity contribution in [2.24, 2.45) is 5.92 Å². The number of alkyl halides is 1. The quantitative estimate of drug-likeness (QED) is 0.790. The molecule has 1 aliphatic carbocycles. The van der Waals surface area contributed by atoms with Crippen LogP contribution in [0.5, 0.6) is 6.01 Å². The van der Waals surface area contributed by atoms with Crippen LogP contribution in [0.25, 0.3) is 16.8 Å². The van der Waals surface area contributed by atoms with E-state index >= 15 is 0 Å². The lowest BCUT2D eigenvalue weighted by atomic mass is 9.89. The number of aliphatic hydroxyl groups is 1. The standard InChI is InChI=1S/C19H22FN3O4/c1-11(2)26-19-21-7-13(8-22-19)17-18(27-16(9-24)23-17)15-5-4-14(25-10-20)6-12(15)3/h4-5,7-8,11-12,24H,6,9-10H2,1-3H3/t12-/m1/s1. The van der Waals surface area contributed by atoms with Gasteiger partial charge in [0.2, 0.25) is 12.8 Å². The summed E-state index contributed by atoms with van der Waals surface area (Å²) in [6.07, 6.45) is 7.27. The maximum Gasteiger partial charge on any atom is 0.316 e. The lowest BCUT2D eigenvalue weighted by Crippen LogP contribution is -2.08. The molecule has 3 rings (SSSR count). The van der Waals surface area contributed by atoms with Crippen LogP contribution >= 0.6 is 0 Å². The third-order valence-electron chi connectivity index (χ3n) is 4.04. The molecule has 1 N–H and O–H groups in total. The second-order valence-corrected chi connectivity index (χ2v) is 6.48. The largest absolute Gasteiger partial charge is 0.467 e.